The van der Waals surface area contributed by atoms with Crippen molar-refractivity contribution in [1.29, 1.82) is 0 Å². The minimum absolute atomic E-state index is 0.0667. The Bertz CT molecular complexity index is 526. The topological polar surface area (TPSA) is 42.2 Å². The molecule has 1 aromatic carbocycles. The molecule has 0 amide bonds. The largest absolute Gasteiger partial charge is 0.344 e. The first kappa shape index (κ1) is 13.0. The summed E-state index contributed by atoms with van der Waals surface area (Å²) in [5, 5.41) is 0.853. The van der Waals surface area contributed by atoms with E-state index in [1.54, 1.807) is 18.3 Å². The molecule has 5 heteroatoms. The molecule has 2 rings (SSSR count). The van der Waals surface area contributed by atoms with Crippen LogP contribution in [0.15, 0.2) is 30.5 Å². The minimum atomic E-state index is -0.188. The Labute approximate surface area is 110 Å². The van der Waals surface area contributed by atoms with Crippen LogP contribution in [0.3, 0.4) is 0 Å². The normalized spacial score (nSPS) is 12.4. The van der Waals surface area contributed by atoms with E-state index in [1.807, 2.05) is 24.9 Å². The summed E-state index contributed by atoms with van der Waals surface area (Å²) in [4.78, 5) is 7.29. The summed E-state index contributed by atoms with van der Waals surface area (Å²) >= 11 is 1.54. The number of nitrogens with zero attached hydrogens (tertiary/aromatic N) is 2. The molecule has 0 spiro atoms. The van der Waals surface area contributed by atoms with Crippen LogP contribution in [0.25, 0.3) is 0 Å². The number of aromatic nitrogens is 1. The number of nitrogens with two attached hydrogens (primary N) is 1. The predicted octanol–water partition coefficient (Wildman–Crippen LogP) is 2.94. The van der Waals surface area contributed by atoms with Crippen LogP contribution in [-0.2, 0) is 6.54 Å². The highest BCUT2D eigenvalue weighted by molar-refractivity contribution is 7.15. The molecule has 0 saturated heterocycles. The Morgan fingerprint density at radius 2 is 2.17 bits per heavy atom. The van der Waals surface area contributed by atoms with E-state index < -0.39 is 0 Å². The Hall–Kier alpha value is -1.46. The molecule has 0 aliphatic carbocycles. The van der Waals surface area contributed by atoms with Crippen molar-refractivity contribution < 1.29 is 4.39 Å². The van der Waals surface area contributed by atoms with Gasteiger partial charge in [-0.3, -0.25) is 0 Å². The molecule has 1 heterocycles. The van der Waals surface area contributed by atoms with Gasteiger partial charge in [0.1, 0.15) is 5.82 Å². The Balaban J connectivity index is 2.23. The summed E-state index contributed by atoms with van der Waals surface area (Å²) in [7, 11) is 1.91. The van der Waals surface area contributed by atoms with E-state index >= 15 is 0 Å². The molecule has 0 bridgehead atoms. The van der Waals surface area contributed by atoms with E-state index in [4.69, 9.17) is 5.73 Å². The van der Waals surface area contributed by atoms with Crippen molar-refractivity contribution in [2.24, 2.45) is 5.73 Å². The molecule has 3 nitrogen and oxygen atoms in total. The molecule has 2 N–H and O–H groups in total. The summed E-state index contributed by atoms with van der Waals surface area (Å²) in [6.07, 6.45) is 1.77. The average Bonchev–Trinajstić information content (AvgIpc) is 2.86. The molecule has 1 aromatic heterocycles. The third-order valence-corrected chi connectivity index (χ3v) is 4.09. The molecular formula is C13H16FN3S. The zero-order chi connectivity index (χ0) is 13.1. The number of hydrogen-bond donors (Lipinski definition) is 1. The summed E-state index contributed by atoms with van der Waals surface area (Å²) in [6, 6.07) is 6.75. The summed E-state index contributed by atoms with van der Waals surface area (Å²) in [6.45, 7) is 2.45. The van der Waals surface area contributed by atoms with Crippen LogP contribution in [-0.4, -0.2) is 12.0 Å². The molecule has 18 heavy (non-hydrogen) atoms. The van der Waals surface area contributed by atoms with E-state index in [1.165, 1.54) is 17.4 Å². The average molecular weight is 265 g/mol. The first-order chi connectivity index (χ1) is 8.63. The van der Waals surface area contributed by atoms with Gasteiger partial charge in [0.25, 0.3) is 0 Å². The number of benzene rings is 1. The van der Waals surface area contributed by atoms with Crippen molar-refractivity contribution in [2.45, 2.75) is 19.5 Å². The van der Waals surface area contributed by atoms with Crippen LogP contribution in [0, 0.1) is 5.82 Å². The van der Waals surface area contributed by atoms with E-state index in [0.29, 0.717) is 12.1 Å². The molecule has 2 aromatic rings. The maximum Gasteiger partial charge on any atom is 0.185 e. The Morgan fingerprint density at radius 1 is 1.44 bits per heavy atom. The van der Waals surface area contributed by atoms with Crippen molar-refractivity contribution in [1.82, 2.24) is 4.98 Å². The fraction of sp³-hybridized carbons (Fsp3) is 0.308. The van der Waals surface area contributed by atoms with Gasteiger partial charge in [0.05, 0.1) is 6.04 Å². The fourth-order valence-electron chi connectivity index (χ4n) is 1.74. The standard InChI is InChI=1S/C13H16FN3S/c1-9(11-5-3-4-6-12(11)14)17(2)13-16-8-10(7-15)18-13/h3-6,8-9H,7,15H2,1-2H3. The zero-order valence-corrected chi connectivity index (χ0v) is 11.2. The van der Waals surface area contributed by atoms with Gasteiger partial charge in [-0.15, -0.1) is 11.3 Å². The van der Waals surface area contributed by atoms with Crippen LogP contribution >= 0.6 is 11.3 Å². The second-order valence-corrected chi connectivity index (χ2v) is 5.22. The highest BCUT2D eigenvalue weighted by atomic mass is 32.1. The molecular weight excluding hydrogens is 249 g/mol. The smallest absolute Gasteiger partial charge is 0.185 e. The van der Waals surface area contributed by atoms with Gasteiger partial charge in [-0.05, 0) is 13.0 Å². The van der Waals surface area contributed by atoms with Crippen LogP contribution in [0.4, 0.5) is 9.52 Å². The third kappa shape index (κ3) is 2.52. The van der Waals surface area contributed by atoms with Crippen molar-refractivity contribution in [2.75, 3.05) is 11.9 Å². The molecule has 0 aliphatic heterocycles. The Kier molecular flexibility index (Phi) is 3.93. The quantitative estimate of drug-likeness (QED) is 0.924. The van der Waals surface area contributed by atoms with Gasteiger partial charge >= 0.3 is 0 Å². The second-order valence-electron chi connectivity index (χ2n) is 4.12. The molecule has 0 saturated carbocycles. The third-order valence-electron chi connectivity index (χ3n) is 2.98. The lowest BCUT2D eigenvalue weighted by atomic mass is 10.1. The maximum atomic E-state index is 13.7. The lowest BCUT2D eigenvalue weighted by molar-refractivity contribution is 0.585. The first-order valence-corrected chi connectivity index (χ1v) is 6.57. The molecule has 1 atom stereocenters. The van der Waals surface area contributed by atoms with Gasteiger partial charge in [0, 0.05) is 30.2 Å². The number of hydrogen-bond acceptors (Lipinski definition) is 4. The van der Waals surface area contributed by atoms with Crippen LogP contribution < -0.4 is 10.6 Å². The monoisotopic (exact) mass is 265 g/mol. The Morgan fingerprint density at radius 3 is 2.78 bits per heavy atom. The van der Waals surface area contributed by atoms with Crippen LogP contribution in [0.5, 0.6) is 0 Å². The molecule has 0 aliphatic rings. The van der Waals surface area contributed by atoms with Gasteiger partial charge in [0.15, 0.2) is 5.13 Å². The molecule has 96 valence electrons. The fourth-order valence-corrected chi connectivity index (χ4v) is 2.57. The highest BCUT2D eigenvalue weighted by Crippen LogP contribution is 2.29. The summed E-state index contributed by atoms with van der Waals surface area (Å²) < 4.78 is 13.7. The van der Waals surface area contributed by atoms with E-state index in [0.717, 1.165) is 10.0 Å². The van der Waals surface area contributed by atoms with Crippen molar-refractivity contribution in [3.63, 3.8) is 0 Å². The van der Waals surface area contributed by atoms with E-state index in [-0.39, 0.29) is 11.9 Å². The summed E-state index contributed by atoms with van der Waals surface area (Å²) in [5.74, 6) is -0.188. The number of thiazole rings is 1. The van der Waals surface area contributed by atoms with Gasteiger partial charge in [-0.2, -0.15) is 0 Å². The van der Waals surface area contributed by atoms with Gasteiger partial charge in [-0.25, -0.2) is 9.37 Å². The number of rotatable bonds is 4. The molecule has 0 radical (unpaired) electrons. The van der Waals surface area contributed by atoms with Gasteiger partial charge in [0.2, 0.25) is 0 Å². The lowest BCUT2D eigenvalue weighted by Crippen LogP contribution is -2.22. The number of anilines is 1. The SMILES string of the molecule is CC(c1ccccc1F)N(C)c1ncc(CN)s1. The highest BCUT2D eigenvalue weighted by Gasteiger charge is 2.17. The lowest BCUT2D eigenvalue weighted by Gasteiger charge is -2.24. The molecule has 0 fully saturated rings. The maximum absolute atomic E-state index is 13.7. The summed E-state index contributed by atoms with van der Waals surface area (Å²) in [5.41, 5.74) is 6.24. The second kappa shape index (κ2) is 5.46. The van der Waals surface area contributed by atoms with E-state index in [2.05, 4.69) is 4.98 Å². The minimum Gasteiger partial charge on any atom is -0.344 e. The van der Waals surface area contributed by atoms with Crippen LogP contribution in [0.2, 0.25) is 0 Å². The van der Waals surface area contributed by atoms with Crippen molar-refractivity contribution in [3.05, 3.63) is 46.7 Å². The van der Waals surface area contributed by atoms with Gasteiger partial charge < -0.3 is 10.6 Å². The molecule has 1 unspecified atom stereocenters. The van der Waals surface area contributed by atoms with Crippen molar-refractivity contribution >= 4 is 16.5 Å². The van der Waals surface area contributed by atoms with Crippen molar-refractivity contribution in [3.8, 4) is 0 Å². The first-order valence-electron chi connectivity index (χ1n) is 5.75. The predicted molar refractivity (Wildman–Crippen MR) is 73.2 cm³/mol. The van der Waals surface area contributed by atoms with E-state index in [9.17, 15) is 4.39 Å². The van der Waals surface area contributed by atoms with Gasteiger partial charge in [-0.1, -0.05) is 18.2 Å². The van der Waals surface area contributed by atoms with Crippen LogP contribution in [0.1, 0.15) is 23.4 Å². The number of halogens is 1. The zero-order valence-electron chi connectivity index (χ0n) is 10.4.